The highest BCUT2D eigenvalue weighted by Gasteiger charge is 2.13. The van der Waals surface area contributed by atoms with E-state index in [1.54, 1.807) is 12.1 Å². The van der Waals surface area contributed by atoms with E-state index in [-0.39, 0.29) is 18.0 Å². The van der Waals surface area contributed by atoms with Gasteiger partial charge in [-0.2, -0.15) is 4.98 Å². The molecule has 1 aromatic heterocycles. The minimum atomic E-state index is -0.246. The van der Waals surface area contributed by atoms with E-state index in [9.17, 15) is 4.79 Å². The fraction of sp³-hybridized carbons (Fsp3) is 0.538. The first-order valence-corrected chi connectivity index (χ1v) is 6.26. The summed E-state index contributed by atoms with van der Waals surface area (Å²) in [5.74, 6) is 0.842. The summed E-state index contributed by atoms with van der Waals surface area (Å²) < 4.78 is 5.29. The lowest BCUT2D eigenvalue weighted by Crippen LogP contribution is -2.43. The Hall–Kier alpha value is -1.98. The summed E-state index contributed by atoms with van der Waals surface area (Å²) in [6.07, 6.45) is 0. The van der Waals surface area contributed by atoms with E-state index in [0.29, 0.717) is 24.0 Å². The summed E-state index contributed by atoms with van der Waals surface area (Å²) in [6.45, 7) is 8.29. The number of nitrogen functional groups attached to an aromatic ring is 1. The van der Waals surface area contributed by atoms with E-state index < -0.39 is 0 Å². The van der Waals surface area contributed by atoms with Crippen LogP contribution in [0.4, 0.5) is 11.5 Å². The van der Waals surface area contributed by atoms with Crippen LogP contribution in [0.25, 0.3) is 0 Å². The lowest BCUT2D eigenvalue weighted by molar-refractivity contribution is -0.120. The predicted molar refractivity (Wildman–Crippen MR) is 76.2 cm³/mol. The smallest absolute Gasteiger partial charge is 0.239 e. The molecule has 1 heterocycles. The zero-order valence-electron chi connectivity index (χ0n) is 11.9. The number of carbonyl (C=O) groups is 1. The summed E-state index contributed by atoms with van der Waals surface area (Å²) in [4.78, 5) is 15.8. The van der Waals surface area contributed by atoms with Crippen molar-refractivity contribution in [2.24, 2.45) is 0 Å². The van der Waals surface area contributed by atoms with Gasteiger partial charge >= 0.3 is 0 Å². The Bertz CT molecular complexity index is 441. The largest absolute Gasteiger partial charge is 0.476 e. The van der Waals surface area contributed by atoms with Crippen molar-refractivity contribution in [1.29, 1.82) is 0 Å². The van der Waals surface area contributed by atoms with Crippen LogP contribution in [-0.4, -0.2) is 29.6 Å². The number of carbonyl (C=O) groups excluding carboxylic acids is 1. The number of nitrogens with two attached hydrogens (primary N) is 1. The van der Waals surface area contributed by atoms with Crippen molar-refractivity contribution in [2.45, 2.75) is 33.2 Å². The molecule has 0 atom stereocenters. The van der Waals surface area contributed by atoms with E-state index in [4.69, 9.17) is 10.5 Å². The van der Waals surface area contributed by atoms with Crippen LogP contribution in [0.2, 0.25) is 0 Å². The van der Waals surface area contributed by atoms with Crippen LogP contribution in [0.15, 0.2) is 12.1 Å². The molecular weight excluding hydrogens is 244 g/mol. The number of nitrogens with zero attached hydrogens (tertiary/aromatic N) is 1. The van der Waals surface area contributed by atoms with Gasteiger partial charge in [-0.25, -0.2) is 0 Å². The van der Waals surface area contributed by atoms with Crippen molar-refractivity contribution >= 4 is 17.4 Å². The molecular formula is C13H22N4O2. The van der Waals surface area contributed by atoms with Crippen molar-refractivity contribution in [2.75, 3.05) is 24.2 Å². The third kappa shape index (κ3) is 5.46. The van der Waals surface area contributed by atoms with Crippen molar-refractivity contribution in [3.63, 3.8) is 0 Å². The Morgan fingerprint density at radius 3 is 2.68 bits per heavy atom. The highest BCUT2D eigenvalue weighted by molar-refractivity contribution is 5.81. The molecule has 6 nitrogen and oxygen atoms in total. The van der Waals surface area contributed by atoms with Crippen LogP contribution in [0, 0.1) is 0 Å². The number of anilines is 2. The summed E-state index contributed by atoms with van der Waals surface area (Å²) in [5.41, 5.74) is 5.95. The number of rotatable bonds is 5. The molecule has 106 valence electrons. The lowest BCUT2D eigenvalue weighted by Gasteiger charge is -2.20. The molecule has 0 fully saturated rings. The number of amides is 1. The molecule has 0 spiro atoms. The Morgan fingerprint density at radius 2 is 2.11 bits per heavy atom. The SMILES string of the molecule is CCOc1nc(NCC(=O)NC(C)(C)C)ccc1N. The Kier molecular flexibility index (Phi) is 4.97. The quantitative estimate of drug-likeness (QED) is 0.749. The van der Waals surface area contributed by atoms with Gasteiger partial charge in [0, 0.05) is 5.54 Å². The van der Waals surface area contributed by atoms with Gasteiger partial charge in [-0.15, -0.1) is 0 Å². The number of aromatic nitrogens is 1. The van der Waals surface area contributed by atoms with Crippen molar-refractivity contribution in [1.82, 2.24) is 10.3 Å². The van der Waals surface area contributed by atoms with Crippen molar-refractivity contribution in [3.05, 3.63) is 12.1 Å². The van der Waals surface area contributed by atoms with E-state index >= 15 is 0 Å². The average molecular weight is 266 g/mol. The standard InChI is InChI=1S/C13H22N4O2/c1-5-19-12-9(14)6-7-10(16-12)15-8-11(18)17-13(2,3)4/h6-7H,5,8,14H2,1-4H3,(H,15,16)(H,17,18). The van der Waals surface area contributed by atoms with Gasteiger partial charge in [0.1, 0.15) is 5.82 Å². The van der Waals surface area contributed by atoms with Gasteiger partial charge in [-0.05, 0) is 39.8 Å². The Balaban J connectivity index is 2.58. The maximum Gasteiger partial charge on any atom is 0.239 e. The van der Waals surface area contributed by atoms with Gasteiger partial charge in [0.25, 0.3) is 0 Å². The lowest BCUT2D eigenvalue weighted by atomic mass is 10.1. The molecule has 0 aliphatic carbocycles. The second-order valence-electron chi connectivity index (χ2n) is 5.18. The molecule has 0 aromatic carbocycles. The molecule has 0 aliphatic heterocycles. The monoisotopic (exact) mass is 266 g/mol. The van der Waals surface area contributed by atoms with Crippen molar-refractivity contribution in [3.8, 4) is 5.88 Å². The first-order chi connectivity index (χ1) is 8.81. The third-order valence-corrected chi connectivity index (χ3v) is 2.12. The minimum absolute atomic E-state index is 0.0934. The highest BCUT2D eigenvalue weighted by atomic mass is 16.5. The van der Waals surface area contributed by atoms with E-state index in [0.717, 1.165) is 0 Å². The molecule has 0 radical (unpaired) electrons. The summed E-state index contributed by atoms with van der Waals surface area (Å²) in [6, 6.07) is 3.41. The fourth-order valence-corrected chi connectivity index (χ4v) is 1.44. The summed E-state index contributed by atoms with van der Waals surface area (Å²) in [5, 5.41) is 5.79. The van der Waals surface area contributed by atoms with E-state index in [2.05, 4.69) is 15.6 Å². The van der Waals surface area contributed by atoms with Gasteiger partial charge in [0.15, 0.2) is 0 Å². The second-order valence-corrected chi connectivity index (χ2v) is 5.18. The van der Waals surface area contributed by atoms with Crippen LogP contribution in [0.3, 0.4) is 0 Å². The molecule has 0 aliphatic rings. The summed E-state index contributed by atoms with van der Waals surface area (Å²) in [7, 11) is 0. The number of ether oxygens (including phenoxy) is 1. The Labute approximate surface area is 113 Å². The molecule has 1 rings (SSSR count). The average Bonchev–Trinajstić information content (AvgIpc) is 2.28. The highest BCUT2D eigenvalue weighted by Crippen LogP contribution is 2.20. The molecule has 0 saturated heterocycles. The Morgan fingerprint density at radius 1 is 1.42 bits per heavy atom. The maximum absolute atomic E-state index is 11.7. The van der Waals surface area contributed by atoms with Crippen molar-refractivity contribution < 1.29 is 9.53 Å². The first-order valence-electron chi connectivity index (χ1n) is 6.26. The maximum atomic E-state index is 11.7. The molecule has 0 saturated carbocycles. The van der Waals surface area contributed by atoms with Crippen LogP contribution >= 0.6 is 0 Å². The topological polar surface area (TPSA) is 89.3 Å². The fourth-order valence-electron chi connectivity index (χ4n) is 1.44. The first kappa shape index (κ1) is 15.1. The summed E-state index contributed by atoms with van der Waals surface area (Å²) >= 11 is 0. The molecule has 0 unspecified atom stereocenters. The van der Waals surface area contributed by atoms with Crippen LogP contribution in [0.1, 0.15) is 27.7 Å². The number of nitrogens with one attached hydrogen (secondary N) is 2. The molecule has 0 bridgehead atoms. The zero-order chi connectivity index (χ0) is 14.5. The number of hydrogen-bond donors (Lipinski definition) is 3. The normalized spacial score (nSPS) is 10.9. The molecule has 1 amide bonds. The van der Waals surface area contributed by atoms with Gasteiger partial charge in [-0.1, -0.05) is 0 Å². The molecule has 4 N–H and O–H groups in total. The van der Waals surface area contributed by atoms with Gasteiger partial charge in [-0.3, -0.25) is 4.79 Å². The van der Waals surface area contributed by atoms with Crippen LogP contribution in [-0.2, 0) is 4.79 Å². The van der Waals surface area contributed by atoms with Crippen LogP contribution < -0.4 is 21.1 Å². The minimum Gasteiger partial charge on any atom is -0.476 e. The van der Waals surface area contributed by atoms with E-state index in [1.165, 1.54) is 0 Å². The van der Waals surface area contributed by atoms with Gasteiger partial charge in [0.2, 0.25) is 11.8 Å². The van der Waals surface area contributed by atoms with Gasteiger partial charge in [0.05, 0.1) is 18.8 Å². The van der Waals surface area contributed by atoms with Crippen LogP contribution in [0.5, 0.6) is 5.88 Å². The van der Waals surface area contributed by atoms with Gasteiger partial charge < -0.3 is 21.1 Å². The number of hydrogen-bond acceptors (Lipinski definition) is 5. The predicted octanol–water partition coefficient (Wildman–Crippen LogP) is 1.39. The second kappa shape index (κ2) is 6.26. The zero-order valence-corrected chi connectivity index (χ0v) is 11.9. The van der Waals surface area contributed by atoms with E-state index in [1.807, 2.05) is 27.7 Å². The third-order valence-electron chi connectivity index (χ3n) is 2.12. The molecule has 19 heavy (non-hydrogen) atoms. The number of pyridine rings is 1. The molecule has 1 aromatic rings. The molecule has 6 heteroatoms.